The molecule has 0 saturated heterocycles. The zero-order chi connectivity index (χ0) is 12.7. The van der Waals surface area contributed by atoms with E-state index in [1.807, 2.05) is 36.5 Å². The molecule has 1 N–H and O–H groups in total. The summed E-state index contributed by atoms with van der Waals surface area (Å²) in [4.78, 5) is 4.52. The number of hydrogen-bond acceptors (Lipinski definition) is 2. The van der Waals surface area contributed by atoms with E-state index in [1.54, 1.807) is 0 Å². The molecule has 2 aromatic carbocycles. The number of rotatable bonds is 1. The van der Waals surface area contributed by atoms with Crippen molar-refractivity contribution >= 4 is 21.7 Å². The van der Waals surface area contributed by atoms with Crippen LogP contribution in [0.2, 0.25) is 0 Å². The normalized spacial score (nSPS) is 11.2. The molecule has 3 nitrogen and oxygen atoms in total. The molecule has 4 rings (SSSR count). The van der Waals surface area contributed by atoms with Crippen molar-refractivity contribution in [2.45, 2.75) is 0 Å². The Kier molecular flexibility index (Phi) is 2.12. The van der Waals surface area contributed by atoms with Gasteiger partial charge in [0.15, 0.2) is 0 Å². The lowest BCUT2D eigenvalue weighted by atomic mass is 10.1. The molecule has 0 spiro atoms. The summed E-state index contributed by atoms with van der Waals surface area (Å²) in [5, 5.41) is 10.9. The average Bonchev–Trinajstić information content (AvgIpc) is 2.91. The van der Waals surface area contributed by atoms with Gasteiger partial charge >= 0.3 is 0 Å². The number of nitrogens with one attached hydrogen (secondary N) is 1. The summed E-state index contributed by atoms with van der Waals surface area (Å²) in [6.45, 7) is 0. The molecule has 0 amide bonds. The zero-order valence-electron chi connectivity index (χ0n) is 10.2. The Hall–Kier alpha value is -2.68. The van der Waals surface area contributed by atoms with Crippen LogP contribution in [0, 0.1) is 0 Å². The summed E-state index contributed by atoms with van der Waals surface area (Å²) >= 11 is 0. The number of fused-ring (bicyclic) bond motifs is 2. The number of H-pyrrole nitrogens is 1. The van der Waals surface area contributed by atoms with Crippen LogP contribution in [-0.2, 0) is 0 Å². The van der Waals surface area contributed by atoms with Crippen molar-refractivity contribution in [3.05, 3.63) is 60.8 Å². The van der Waals surface area contributed by atoms with Crippen molar-refractivity contribution in [3.63, 3.8) is 0 Å². The van der Waals surface area contributed by atoms with Crippen LogP contribution in [0.4, 0.5) is 0 Å². The van der Waals surface area contributed by atoms with Crippen molar-refractivity contribution in [1.82, 2.24) is 15.2 Å². The van der Waals surface area contributed by atoms with Gasteiger partial charge in [-0.3, -0.25) is 10.1 Å². The molecular weight excluding hydrogens is 234 g/mol. The summed E-state index contributed by atoms with van der Waals surface area (Å²) in [5.74, 6) is 0. The van der Waals surface area contributed by atoms with Gasteiger partial charge in [-0.05, 0) is 17.5 Å². The fraction of sp³-hybridized carbons (Fsp3) is 0. The van der Waals surface area contributed by atoms with Crippen LogP contribution >= 0.6 is 0 Å². The van der Waals surface area contributed by atoms with Gasteiger partial charge in [0.1, 0.15) is 5.69 Å². The molecule has 0 atom stereocenters. The first kappa shape index (κ1) is 10.3. The second-order valence-corrected chi connectivity index (χ2v) is 4.53. The number of aromatic amines is 1. The third kappa shape index (κ3) is 1.59. The fourth-order valence-electron chi connectivity index (χ4n) is 2.37. The van der Waals surface area contributed by atoms with E-state index in [0.29, 0.717) is 0 Å². The minimum absolute atomic E-state index is 0.899. The van der Waals surface area contributed by atoms with Crippen LogP contribution in [0.3, 0.4) is 0 Å². The van der Waals surface area contributed by atoms with Gasteiger partial charge in [-0.2, -0.15) is 5.10 Å². The van der Waals surface area contributed by atoms with Gasteiger partial charge < -0.3 is 0 Å². The van der Waals surface area contributed by atoms with Gasteiger partial charge in [0.05, 0.1) is 11.2 Å². The van der Waals surface area contributed by atoms with E-state index < -0.39 is 0 Å². The highest BCUT2D eigenvalue weighted by Gasteiger charge is 2.09. The summed E-state index contributed by atoms with van der Waals surface area (Å²) in [6.07, 6.45) is 1.90. The summed E-state index contributed by atoms with van der Waals surface area (Å²) in [5.41, 5.74) is 2.84. The van der Waals surface area contributed by atoms with E-state index in [2.05, 4.69) is 39.4 Å². The van der Waals surface area contributed by atoms with E-state index in [-0.39, 0.29) is 0 Å². The van der Waals surface area contributed by atoms with Crippen LogP contribution < -0.4 is 0 Å². The monoisotopic (exact) mass is 245 g/mol. The Morgan fingerprint density at radius 3 is 2.58 bits per heavy atom. The fourth-order valence-corrected chi connectivity index (χ4v) is 2.37. The highest BCUT2D eigenvalue weighted by atomic mass is 15.1. The quantitative estimate of drug-likeness (QED) is 0.554. The molecule has 4 aromatic rings. The van der Waals surface area contributed by atoms with Gasteiger partial charge in [0.2, 0.25) is 0 Å². The minimum Gasteiger partial charge on any atom is -0.277 e. The van der Waals surface area contributed by atoms with Gasteiger partial charge in [0, 0.05) is 17.0 Å². The van der Waals surface area contributed by atoms with Gasteiger partial charge in [-0.25, -0.2) is 0 Å². The second-order valence-electron chi connectivity index (χ2n) is 4.53. The molecule has 19 heavy (non-hydrogen) atoms. The molecule has 3 heteroatoms. The average molecular weight is 245 g/mol. The van der Waals surface area contributed by atoms with Crippen LogP contribution in [0.5, 0.6) is 0 Å². The Balaban J connectivity index is 1.99. The topological polar surface area (TPSA) is 41.6 Å². The Bertz CT molecular complexity index is 877. The van der Waals surface area contributed by atoms with E-state index in [4.69, 9.17) is 0 Å². The molecule has 2 heterocycles. The predicted octanol–water partition coefficient (Wildman–Crippen LogP) is 3.78. The van der Waals surface area contributed by atoms with Crippen molar-refractivity contribution in [2.24, 2.45) is 0 Å². The minimum atomic E-state index is 0.899. The Morgan fingerprint density at radius 1 is 0.842 bits per heavy atom. The van der Waals surface area contributed by atoms with Crippen molar-refractivity contribution in [3.8, 4) is 11.4 Å². The van der Waals surface area contributed by atoms with E-state index >= 15 is 0 Å². The highest BCUT2D eigenvalue weighted by molar-refractivity contribution is 5.94. The maximum Gasteiger partial charge on any atom is 0.118 e. The molecule has 0 bridgehead atoms. The van der Waals surface area contributed by atoms with Crippen LogP contribution in [0.15, 0.2) is 60.8 Å². The lowest BCUT2D eigenvalue weighted by Crippen LogP contribution is -1.85. The number of benzene rings is 2. The molecule has 2 aromatic heterocycles. The first-order chi connectivity index (χ1) is 9.42. The number of pyridine rings is 1. The second kappa shape index (κ2) is 3.92. The summed E-state index contributed by atoms with van der Waals surface area (Å²) in [6, 6.07) is 18.4. The lowest BCUT2D eigenvalue weighted by molar-refractivity contribution is 1.11. The predicted molar refractivity (Wildman–Crippen MR) is 76.8 cm³/mol. The van der Waals surface area contributed by atoms with Crippen LogP contribution in [0.1, 0.15) is 0 Å². The first-order valence-electron chi connectivity index (χ1n) is 6.20. The third-order valence-electron chi connectivity index (χ3n) is 3.34. The van der Waals surface area contributed by atoms with Crippen molar-refractivity contribution < 1.29 is 0 Å². The number of nitrogens with zero attached hydrogens (tertiary/aromatic N) is 2. The highest BCUT2D eigenvalue weighted by Crippen LogP contribution is 2.26. The van der Waals surface area contributed by atoms with E-state index in [0.717, 1.165) is 27.7 Å². The molecule has 0 aliphatic carbocycles. The Labute approximate surface area is 109 Å². The van der Waals surface area contributed by atoms with Crippen molar-refractivity contribution in [1.29, 1.82) is 0 Å². The molecule has 0 radical (unpaired) electrons. The smallest absolute Gasteiger partial charge is 0.118 e. The molecule has 0 aliphatic heterocycles. The maximum absolute atomic E-state index is 4.52. The van der Waals surface area contributed by atoms with Crippen molar-refractivity contribution in [2.75, 3.05) is 0 Å². The first-order valence-corrected chi connectivity index (χ1v) is 6.20. The maximum atomic E-state index is 4.52. The Morgan fingerprint density at radius 2 is 1.63 bits per heavy atom. The molecular formula is C16H11N3. The molecule has 90 valence electrons. The van der Waals surface area contributed by atoms with Crippen LogP contribution in [0.25, 0.3) is 33.1 Å². The SMILES string of the molecule is c1ccc2cc(-c3n[nH]c4ccccc34)ncc2c1. The molecule has 0 aliphatic rings. The van der Waals surface area contributed by atoms with E-state index in [9.17, 15) is 0 Å². The number of hydrogen-bond donors (Lipinski definition) is 1. The third-order valence-corrected chi connectivity index (χ3v) is 3.34. The van der Waals surface area contributed by atoms with Gasteiger partial charge in [-0.1, -0.05) is 42.5 Å². The number of para-hydroxylation sites is 1. The summed E-state index contributed by atoms with van der Waals surface area (Å²) < 4.78 is 0. The lowest BCUT2D eigenvalue weighted by Gasteiger charge is -2.00. The standard InChI is InChI=1S/C16H11N3/c1-2-6-12-10-17-15(9-11(12)5-1)16-13-7-3-4-8-14(13)18-19-16/h1-10H,(H,18,19). The zero-order valence-corrected chi connectivity index (χ0v) is 10.2. The van der Waals surface area contributed by atoms with E-state index in [1.165, 1.54) is 5.39 Å². The summed E-state index contributed by atoms with van der Waals surface area (Å²) in [7, 11) is 0. The number of aromatic nitrogens is 3. The van der Waals surface area contributed by atoms with Gasteiger partial charge in [0.25, 0.3) is 0 Å². The van der Waals surface area contributed by atoms with Crippen LogP contribution in [-0.4, -0.2) is 15.2 Å². The molecule has 0 unspecified atom stereocenters. The van der Waals surface area contributed by atoms with Gasteiger partial charge in [-0.15, -0.1) is 0 Å². The largest absolute Gasteiger partial charge is 0.277 e. The molecule has 0 saturated carbocycles. The molecule has 0 fully saturated rings.